The minimum atomic E-state index is -0.748. The monoisotopic (exact) mass is 434 g/mol. The van der Waals surface area contributed by atoms with E-state index in [-0.39, 0.29) is 38.8 Å². The first-order valence-electron chi connectivity index (χ1n) is 9.61. The maximum absolute atomic E-state index is 12.7. The molecule has 0 spiro atoms. The fourth-order valence-electron chi connectivity index (χ4n) is 3.44. The van der Waals surface area contributed by atoms with Crippen LogP contribution in [0.4, 0.5) is 0 Å². The van der Waals surface area contributed by atoms with Crippen molar-refractivity contribution in [3.05, 3.63) is 86.0 Å². The van der Waals surface area contributed by atoms with Crippen molar-refractivity contribution in [1.82, 2.24) is 14.5 Å². The lowest BCUT2D eigenvalue weighted by Crippen LogP contribution is -2.22. The number of primary amides is 1. The van der Waals surface area contributed by atoms with Crippen LogP contribution >= 0.6 is 11.6 Å². The van der Waals surface area contributed by atoms with E-state index in [0.29, 0.717) is 16.8 Å². The summed E-state index contributed by atoms with van der Waals surface area (Å²) in [7, 11) is 0. The quantitative estimate of drug-likeness (QED) is 0.509. The Balaban J connectivity index is 2.10. The molecular weight excluding hydrogens is 416 g/mol. The molecule has 0 fully saturated rings. The number of nitrogens with two attached hydrogens (primary N) is 1. The molecule has 0 aliphatic heterocycles. The zero-order valence-corrected chi connectivity index (χ0v) is 17.6. The number of rotatable bonds is 4. The molecule has 1 aromatic carbocycles. The van der Waals surface area contributed by atoms with Gasteiger partial charge in [0.25, 0.3) is 11.5 Å². The van der Waals surface area contributed by atoms with E-state index in [1.54, 1.807) is 18.3 Å². The highest BCUT2D eigenvalue weighted by Gasteiger charge is 2.17. The van der Waals surface area contributed by atoms with Crippen LogP contribution in [0.3, 0.4) is 0 Å². The molecule has 7 nitrogen and oxygen atoms in total. The van der Waals surface area contributed by atoms with Crippen molar-refractivity contribution >= 4 is 28.5 Å². The molecule has 156 valence electrons. The lowest BCUT2D eigenvalue weighted by atomic mass is 9.99. The molecule has 0 atom stereocenters. The Morgan fingerprint density at radius 3 is 2.45 bits per heavy atom. The number of aromatic amines is 1. The number of aromatic nitrogens is 3. The molecule has 1 amide bonds. The average Bonchev–Trinajstić information content (AvgIpc) is 2.75. The number of amides is 1. The van der Waals surface area contributed by atoms with Crippen LogP contribution in [0.1, 0.15) is 30.4 Å². The Hall–Kier alpha value is -3.71. The zero-order valence-electron chi connectivity index (χ0n) is 16.8. The summed E-state index contributed by atoms with van der Waals surface area (Å²) < 4.78 is 1.54. The summed E-state index contributed by atoms with van der Waals surface area (Å²) in [6, 6.07) is 13.7. The largest absolute Gasteiger partial charge is 0.364 e. The van der Waals surface area contributed by atoms with Gasteiger partial charge in [0.1, 0.15) is 16.4 Å². The third-order valence-corrected chi connectivity index (χ3v) is 5.27. The number of carbonyl (C=O) groups is 1. The first-order valence-corrected chi connectivity index (χ1v) is 9.99. The summed E-state index contributed by atoms with van der Waals surface area (Å²) in [6.45, 7) is 3.77. The van der Waals surface area contributed by atoms with Crippen LogP contribution < -0.4 is 16.7 Å². The van der Waals surface area contributed by atoms with Gasteiger partial charge in [0.15, 0.2) is 5.43 Å². The van der Waals surface area contributed by atoms with E-state index < -0.39 is 5.91 Å². The molecule has 8 heteroatoms. The second-order valence-corrected chi connectivity index (χ2v) is 7.85. The molecule has 0 aliphatic carbocycles. The van der Waals surface area contributed by atoms with E-state index in [9.17, 15) is 14.4 Å². The first-order chi connectivity index (χ1) is 14.8. The number of pyridine rings is 3. The van der Waals surface area contributed by atoms with Gasteiger partial charge in [-0.3, -0.25) is 14.4 Å². The van der Waals surface area contributed by atoms with Crippen LogP contribution in [-0.2, 0) is 0 Å². The summed E-state index contributed by atoms with van der Waals surface area (Å²) in [4.78, 5) is 44.2. The number of carbonyl (C=O) groups excluding carboxylic acids is 1. The first kappa shape index (κ1) is 20.6. The fraction of sp³-hybridized carbons (Fsp3) is 0.130. The highest BCUT2D eigenvalue weighted by molar-refractivity contribution is 6.30. The Kier molecular flexibility index (Phi) is 5.20. The number of nitrogens with zero attached hydrogens (tertiary/aromatic N) is 2. The molecule has 3 heterocycles. The molecule has 31 heavy (non-hydrogen) atoms. The van der Waals surface area contributed by atoms with E-state index in [2.05, 4.69) is 9.97 Å². The molecular formula is C23H19ClN4O3. The van der Waals surface area contributed by atoms with Gasteiger partial charge in [0.2, 0.25) is 0 Å². The van der Waals surface area contributed by atoms with E-state index in [4.69, 9.17) is 17.3 Å². The van der Waals surface area contributed by atoms with Gasteiger partial charge < -0.3 is 15.3 Å². The van der Waals surface area contributed by atoms with Crippen LogP contribution in [0, 0.1) is 0 Å². The smallest absolute Gasteiger partial charge is 0.269 e. The number of H-pyrrole nitrogens is 1. The summed E-state index contributed by atoms with van der Waals surface area (Å²) >= 11 is 6.24. The normalized spacial score (nSPS) is 11.2. The fourth-order valence-corrected chi connectivity index (χ4v) is 3.65. The van der Waals surface area contributed by atoms with Gasteiger partial charge in [0, 0.05) is 35.0 Å². The predicted octanol–water partition coefficient (Wildman–Crippen LogP) is 3.75. The Bertz CT molecular complexity index is 1440. The van der Waals surface area contributed by atoms with Gasteiger partial charge in [-0.25, -0.2) is 4.98 Å². The molecule has 0 bridgehead atoms. The number of hydrogen-bond donors (Lipinski definition) is 2. The maximum Gasteiger partial charge on any atom is 0.269 e. The lowest BCUT2D eigenvalue weighted by molar-refractivity contribution is 0.0996. The molecule has 0 unspecified atom stereocenters. The van der Waals surface area contributed by atoms with Crippen LogP contribution in [-0.4, -0.2) is 20.4 Å². The minimum Gasteiger partial charge on any atom is -0.364 e. The zero-order chi connectivity index (χ0) is 22.3. The summed E-state index contributed by atoms with van der Waals surface area (Å²) in [5.74, 6) is -0.748. The molecule has 0 saturated carbocycles. The van der Waals surface area contributed by atoms with Crippen molar-refractivity contribution in [2.24, 2.45) is 5.73 Å². The SMILES string of the molecule is CC(C)n1cc(-c2cc3c(=O)cc(C(N)=O)[nH]c3nc2-c2ccccc2)cc(Cl)c1=O. The molecule has 4 aromatic rings. The van der Waals surface area contributed by atoms with Crippen LogP contribution in [0.2, 0.25) is 5.02 Å². The van der Waals surface area contributed by atoms with E-state index in [1.807, 2.05) is 44.2 Å². The number of halogens is 1. The molecule has 3 N–H and O–H groups in total. The highest BCUT2D eigenvalue weighted by Crippen LogP contribution is 2.33. The number of nitrogens with one attached hydrogen (secondary N) is 1. The average molecular weight is 435 g/mol. The van der Waals surface area contributed by atoms with Crippen molar-refractivity contribution in [1.29, 1.82) is 0 Å². The van der Waals surface area contributed by atoms with Crippen molar-refractivity contribution in [3.63, 3.8) is 0 Å². The second kappa shape index (κ2) is 7.85. The molecule has 3 aromatic heterocycles. The van der Waals surface area contributed by atoms with Crippen molar-refractivity contribution < 1.29 is 4.79 Å². The summed E-state index contributed by atoms with van der Waals surface area (Å²) in [6.07, 6.45) is 1.71. The van der Waals surface area contributed by atoms with Gasteiger partial charge in [-0.1, -0.05) is 41.9 Å². The van der Waals surface area contributed by atoms with Crippen LogP contribution in [0.15, 0.2) is 64.3 Å². The summed E-state index contributed by atoms with van der Waals surface area (Å²) in [5, 5.41) is 0.362. The van der Waals surface area contributed by atoms with E-state index >= 15 is 0 Å². The van der Waals surface area contributed by atoms with Crippen molar-refractivity contribution in [2.75, 3.05) is 0 Å². The van der Waals surface area contributed by atoms with Gasteiger partial charge in [0.05, 0.1) is 11.1 Å². The molecule has 0 saturated heterocycles. The second-order valence-electron chi connectivity index (χ2n) is 7.44. The van der Waals surface area contributed by atoms with Gasteiger partial charge in [-0.05, 0) is 26.0 Å². The summed E-state index contributed by atoms with van der Waals surface area (Å²) in [5.41, 5.74) is 7.51. The molecule has 0 aliphatic rings. The standard InChI is InChI=1S/C23H19ClN4O3/c1-12(2)28-11-14(8-17(24)23(28)31)15-9-16-19(29)10-18(21(25)30)26-22(16)27-20(15)13-6-4-3-5-7-13/h3-12H,1-2H3,(H2,25,30)(H,26,27,29). The van der Waals surface area contributed by atoms with E-state index in [0.717, 1.165) is 11.6 Å². The Morgan fingerprint density at radius 1 is 1.10 bits per heavy atom. The van der Waals surface area contributed by atoms with Gasteiger partial charge >= 0.3 is 0 Å². The third-order valence-electron chi connectivity index (χ3n) is 5.00. The third kappa shape index (κ3) is 3.75. The number of hydrogen-bond acceptors (Lipinski definition) is 4. The Labute approximate surface area is 182 Å². The molecule has 0 radical (unpaired) electrons. The maximum atomic E-state index is 12.7. The lowest BCUT2D eigenvalue weighted by Gasteiger charge is -2.16. The van der Waals surface area contributed by atoms with Crippen molar-refractivity contribution in [3.8, 4) is 22.4 Å². The highest BCUT2D eigenvalue weighted by atomic mass is 35.5. The molecule has 4 rings (SSSR count). The number of benzene rings is 1. The Morgan fingerprint density at radius 2 is 1.81 bits per heavy atom. The van der Waals surface area contributed by atoms with Gasteiger partial charge in [-0.2, -0.15) is 0 Å². The number of fused-ring (bicyclic) bond motifs is 1. The predicted molar refractivity (Wildman–Crippen MR) is 121 cm³/mol. The van der Waals surface area contributed by atoms with Crippen LogP contribution in [0.5, 0.6) is 0 Å². The van der Waals surface area contributed by atoms with Gasteiger partial charge in [-0.15, -0.1) is 0 Å². The van der Waals surface area contributed by atoms with Crippen LogP contribution in [0.25, 0.3) is 33.4 Å². The van der Waals surface area contributed by atoms with E-state index in [1.165, 1.54) is 4.57 Å². The minimum absolute atomic E-state index is 0.0202. The topological polar surface area (TPSA) is 111 Å². The van der Waals surface area contributed by atoms with Crippen molar-refractivity contribution in [2.45, 2.75) is 19.9 Å².